The zero-order valence-corrected chi connectivity index (χ0v) is 18.5. The fraction of sp³-hybridized carbons (Fsp3) is 0.519. The second-order valence-electron chi connectivity index (χ2n) is 11.2. The summed E-state index contributed by atoms with van der Waals surface area (Å²) in [5, 5.41) is 27.1. The summed E-state index contributed by atoms with van der Waals surface area (Å²) in [5.74, 6) is 1.27. The van der Waals surface area contributed by atoms with Gasteiger partial charge in [0.25, 0.3) is 0 Å². The SMILES string of the molecule is O=C1c2ccccc2OC2C[C@@]3(O)C4Cc5ccc(O)c6c5[C@@]3(CCN4CC3CC3)[C@@H](N6)C12. The number of anilines is 1. The van der Waals surface area contributed by atoms with E-state index in [2.05, 4.69) is 10.2 Å². The molecule has 3 unspecified atom stereocenters. The van der Waals surface area contributed by atoms with Crippen molar-refractivity contribution in [3.05, 3.63) is 53.1 Å². The predicted octanol–water partition coefficient (Wildman–Crippen LogP) is 2.86. The van der Waals surface area contributed by atoms with Crippen LogP contribution in [0.3, 0.4) is 0 Å². The van der Waals surface area contributed by atoms with Gasteiger partial charge in [0, 0.05) is 19.0 Å². The Hall–Kier alpha value is -2.57. The van der Waals surface area contributed by atoms with E-state index in [-0.39, 0.29) is 29.7 Å². The summed E-state index contributed by atoms with van der Waals surface area (Å²) in [4.78, 5) is 16.4. The number of carbonyl (C=O) groups excluding carboxylic acids is 1. The molecule has 6 aliphatic rings. The van der Waals surface area contributed by atoms with E-state index in [0.717, 1.165) is 43.1 Å². The zero-order valence-electron chi connectivity index (χ0n) is 18.5. The van der Waals surface area contributed by atoms with Gasteiger partial charge in [-0.25, -0.2) is 0 Å². The number of hydrogen-bond acceptors (Lipinski definition) is 6. The maximum Gasteiger partial charge on any atom is 0.175 e. The molecule has 2 aromatic carbocycles. The van der Waals surface area contributed by atoms with Crippen molar-refractivity contribution >= 4 is 11.5 Å². The van der Waals surface area contributed by atoms with E-state index in [1.54, 1.807) is 6.07 Å². The smallest absolute Gasteiger partial charge is 0.175 e. The van der Waals surface area contributed by atoms with Crippen molar-refractivity contribution in [2.75, 3.05) is 18.4 Å². The van der Waals surface area contributed by atoms with Crippen LogP contribution in [0.25, 0.3) is 0 Å². The molecule has 0 amide bonds. The van der Waals surface area contributed by atoms with Crippen molar-refractivity contribution in [2.24, 2.45) is 11.8 Å². The van der Waals surface area contributed by atoms with Gasteiger partial charge in [-0.05, 0) is 67.5 Å². The Labute approximate surface area is 192 Å². The van der Waals surface area contributed by atoms with E-state index in [1.807, 2.05) is 30.3 Å². The van der Waals surface area contributed by atoms with Crippen LogP contribution in [0.4, 0.5) is 5.69 Å². The van der Waals surface area contributed by atoms with Crippen molar-refractivity contribution < 1.29 is 19.7 Å². The lowest BCUT2D eigenvalue weighted by atomic mass is 9.46. The Morgan fingerprint density at radius 1 is 1.18 bits per heavy atom. The molecular formula is C27H28N2O4. The minimum atomic E-state index is -1.02. The number of carbonyl (C=O) groups is 1. The molecule has 1 saturated heterocycles. The first-order valence-electron chi connectivity index (χ1n) is 12.4. The Morgan fingerprint density at radius 2 is 2.03 bits per heavy atom. The minimum absolute atomic E-state index is 0.00374. The topological polar surface area (TPSA) is 82.0 Å². The summed E-state index contributed by atoms with van der Waals surface area (Å²) in [6.07, 6.45) is 4.17. The lowest BCUT2D eigenvalue weighted by Crippen LogP contribution is -2.79. The highest BCUT2D eigenvalue weighted by Gasteiger charge is 2.75. The third kappa shape index (κ3) is 2.11. The van der Waals surface area contributed by atoms with Crippen molar-refractivity contribution in [3.8, 4) is 11.5 Å². The largest absolute Gasteiger partial charge is 0.506 e. The van der Waals surface area contributed by atoms with Gasteiger partial charge in [-0.1, -0.05) is 18.2 Å². The number of para-hydroxylation sites is 1. The van der Waals surface area contributed by atoms with Crippen molar-refractivity contribution in [1.82, 2.24) is 4.90 Å². The minimum Gasteiger partial charge on any atom is -0.506 e. The molecule has 3 aliphatic heterocycles. The van der Waals surface area contributed by atoms with Gasteiger partial charge in [-0.15, -0.1) is 0 Å². The van der Waals surface area contributed by atoms with Gasteiger partial charge in [0.05, 0.1) is 34.2 Å². The molecule has 170 valence electrons. The number of hydrogen-bond donors (Lipinski definition) is 3. The van der Waals surface area contributed by atoms with E-state index >= 15 is 0 Å². The molecule has 0 radical (unpaired) electrons. The molecule has 1 spiro atoms. The number of Topliss-reactive ketones (excluding diaryl/α,β-unsaturated/α-hetero) is 1. The monoisotopic (exact) mass is 444 g/mol. The molecule has 6 heteroatoms. The fourth-order valence-electron chi connectivity index (χ4n) is 8.22. The Bertz CT molecular complexity index is 1220. The highest BCUT2D eigenvalue weighted by Crippen LogP contribution is 2.66. The molecule has 3 aliphatic carbocycles. The van der Waals surface area contributed by atoms with Crippen LogP contribution in [0.2, 0.25) is 0 Å². The predicted molar refractivity (Wildman–Crippen MR) is 122 cm³/mol. The van der Waals surface area contributed by atoms with Crippen LogP contribution in [-0.4, -0.2) is 57.8 Å². The van der Waals surface area contributed by atoms with Crippen molar-refractivity contribution in [1.29, 1.82) is 0 Å². The van der Waals surface area contributed by atoms with E-state index in [9.17, 15) is 15.0 Å². The molecule has 0 aromatic heterocycles. The maximum absolute atomic E-state index is 13.8. The molecule has 2 saturated carbocycles. The highest BCUT2D eigenvalue weighted by molar-refractivity contribution is 6.03. The Balaban J connectivity index is 1.34. The summed E-state index contributed by atoms with van der Waals surface area (Å²) in [7, 11) is 0. The lowest BCUT2D eigenvalue weighted by molar-refractivity contribution is -0.192. The van der Waals surface area contributed by atoms with Gasteiger partial charge in [0.1, 0.15) is 17.6 Å². The standard InChI is InChI=1S/C27H28N2O4/c30-17-8-7-15-11-20-27(32)12-19-21(24(31)16-3-1-2-4-18(16)33-19)25-26(27,22(15)23(17)28-25)9-10-29(20)13-14-5-6-14/h1-4,7-8,14,19-21,25,28,30,32H,5-6,9-13H2/t19?,20?,21?,25-,26-,27+/m0/s1. The fourth-order valence-corrected chi connectivity index (χ4v) is 8.22. The quantitative estimate of drug-likeness (QED) is 0.618. The second kappa shape index (κ2) is 5.91. The van der Waals surface area contributed by atoms with Gasteiger partial charge in [0.2, 0.25) is 0 Å². The summed E-state index contributed by atoms with van der Waals surface area (Å²) in [6.45, 7) is 1.96. The number of ketones is 1. The number of likely N-dealkylation sites (tertiary alicyclic amines) is 1. The number of phenols is 1. The van der Waals surface area contributed by atoms with Gasteiger partial charge in [-0.3, -0.25) is 9.69 Å². The Kier molecular flexibility index (Phi) is 3.37. The van der Waals surface area contributed by atoms with E-state index in [1.165, 1.54) is 18.4 Å². The van der Waals surface area contributed by atoms with Crippen LogP contribution in [-0.2, 0) is 11.8 Å². The van der Waals surface area contributed by atoms with E-state index in [4.69, 9.17) is 4.74 Å². The number of aliphatic hydroxyl groups is 1. The summed E-state index contributed by atoms with van der Waals surface area (Å²) in [6, 6.07) is 11.0. The number of phenolic OH excluding ortho intramolecular Hbond substituents is 1. The molecule has 2 bridgehead atoms. The average molecular weight is 445 g/mol. The van der Waals surface area contributed by atoms with Crippen LogP contribution in [0.5, 0.6) is 11.5 Å². The zero-order chi connectivity index (χ0) is 22.1. The van der Waals surface area contributed by atoms with Crippen LogP contribution < -0.4 is 10.1 Å². The number of aromatic hydroxyl groups is 1. The van der Waals surface area contributed by atoms with Gasteiger partial charge in [0.15, 0.2) is 5.78 Å². The lowest BCUT2D eigenvalue weighted by Gasteiger charge is -2.66. The molecule has 6 atom stereocenters. The van der Waals surface area contributed by atoms with Gasteiger partial charge in [-0.2, -0.15) is 0 Å². The summed E-state index contributed by atoms with van der Waals surface area (Å²) in [5.41, 5.74) is 2.00. The first-order valence-corrected chi connectivity index (χ1v) is 12.4. The molecule has 3 N–H and O–H groups in total. The number of nitrogens with zero attached hydrogens (tertiary/aromatic N) is 1. The Morgan fingerprint density at radius 3 is 2.88 bits per heavy atom. The van der Waals surface area contributed by atoms with Gasteiger partial charge < -0.3 is 20.3 Å². The number of piperidine rings is 1. The number of rotatable bonds is 2. The first-order chi connectivity index (χ1) is 16.0. The normalized spacial score (nSPS) is 39.7. The second-order valence-corrected chi connectivity index (χ2v) is 11.2. The van der Waals surface area contributed by atoms with Crippen molar-refractivity contribution in [2.45, 2.75) is 61.3 Å². The number of fused-ring (bicyclic) bond motifs is 3. The molecule has 2 aromatic rings. The van der Waals surface area contributed by atoms with Gasteiger partial charge >= 0.3 is 0 Å². The number of benzene rings is 2. The highest BCUT2D eigenvalue weighted by atomic mass is 16.5. The molecule has 3 fully saturated rings. The molecular weight excluding hydrogens is 416 g/mol. The van der Waals surface area contributed by atoms with Crippen LogP contribution in [0, 0.1) is 11.8 Å². The van der Waals surface area contributed by atoms with E-state index < -0.39 is 16.9 Å². The molecule has 33 heavy (non-hydrogen) atoms. The summed E-state index contributed by atoms with van der Waals surface area (Å²) < 4.78 is 6.45. The first kappa shape index (κ1) is 18.8. The molecule has 6 nitrogen and oxygen atoms in total. The molecule has 3 heterocycles. The number of ether oxygens (including phenoxy) is 1. The third-order valence-corrected chi connectivity index (χ3v) is 9.71. The third-order valence-electron chi connectivity index (χ3n) is 9.71. The average Bonchev–Trinajstić information content (AvgIpc) is 3.54. The van der Waals surface area contributed by atoms with Crippen LogP contribution in [0.1, 0.15) is 47.2 Å². The molecule has 8 rings (SSSR count). The van der Waals surface area contributed by atoms with Crippen molar-refractivity contribution in [3.63, 3.8) is 0 Å². The number of nitrogens with one attached hydrogen (secondary N) is 1. The maximum atomic E-state index is 13.8. The summed E-state index contributed by atoms with van der Waals surface area (Å²) >= 11 is 0. The van der Waals surface area contributed by atoms with Crippen LogP contribution >= 0.6 is 0 Å². The van der Waals surface area contributed by atoms with E-state index in [0.29, 0.717) is 17.7 Å². The van der Waals surface area contributed by atoms with Crippen LogP contribution in [0.15, 0.2) is 36.4 Å².